The van der Waals surface area contributed by atoms with Crippen molar-refractivity contribution in [1.82, 2.24) is 4.98 Å². The summed E-state index contributed by atoms with van der Waals surface area (Å²) < 4.78 is 18.7. The molecule has 0 amide bonds. The highest BCUT2D eigenvalue weighted by Crippen LogP contribution is 2.27. The fourth-order valence-electron chi connectivity index (χ4n) is 1.93. The molecule has 1 N–H and O–H groups in total. The van der Waals surface area contributed by atoms with Crippen LogP contribution >= 0.6 is 0 Å². The van der Waals surface area contributed by atoms with E-state index in [1.807, 2.05) is 0 Å². The first kappa shape index (κ1) is 14.0. The van der Waals surface area contributed by atoms with Crippen molar-refractivity contribution in [3.63, 3.8) is 0 Å². The second-order valence-corrected chi connectivity index (χ2v) is 4.58. The first-order valence-electron chi connectivity index (χ1n) is 6.04. The van der Waals surface area contributed by atoms with E-state index in [1.54, 1.807) is 26.8 Å². The molecular weight excluding hydrogens is 261 g/mol. The third kappa shape index (κ3) is 2.77. The van der Waals surface area contributed by atoms with Crippen molar-refractivity contribution >= 4 is 5.97 Å². The number of hydrogen-bond acceptors (Lipinski definition) is 3. The molecule has 2 aromatic rings. The van der Waals surface area contributed by atoms with Gasteiger partial charge in [0.05, 0.1) is 0 Å². The number of nitrogens with zero attached hydrogens (tertiary/aromatic N) is 1. The van der Waals surface area contributed by atoms with E-state index in [-0.39, 0.29) is 17.3 Å². The Morgan fingerprint density at radius 3 is 2.50 bits per heavy atom. The van der Waals surface area contributed by atoms with E-state index in [1.165, 1.54) is 18.2 Å². The lowest BCUT2D eigenvalue weighted by molar-refractivity contribution is 0.0692. The monoisotopic (exact) mass is 275 g/mol. The molecule has 0 spiro atoms. The molecular formula is C15H14FNO3. The second kappa shape index (κ2) is 5.28. The summed E-state index contributed by atoms with van der Waals surface area (Å²) in [5.41, 5.74) is 1.65. The van der Waals surface area contributed by atoms with E-state index >= 15 is 0 Å². The van der Waals surface area contributed by atoms with Crippen molar-refractivity contribution in [2.75, 3.05) is 0 Å². The average Bonchev–Trinajstić information content (AvgIpc) is 2.32. The van der Waals surface area contributed by atoms with Gasteiger partial charge in [-0.15, -0.1) is 0 Å². The summed E-state index contributed by atoms with van der Waals surface area (Å²) in [5, 5.41) is 9.23. The molecule has 2 rings (SSSR count). The summed E-state index contributed by atoms with van der Waals surface area (Å²) >= 11 is 0. The van der Waals surface area contributed by atoms with Gasteiger partial charge in [-0.2, -0.15) is 0 Å². The molecule has 104 valence electrons. The largest absolute Gasteiger partial charge is 0.477 e. The Morgan fingerprint density at radius 2 is 1.90 bits per heavy atom. The maximum atomic E-state index is 13.2. The number of carboxylic acid groups (broad SMARTS) is 1. The van der Waals surface area contributed by atoms with Gasteiger partial charge in [-0.1, -0.05) is 0 Å². The number of ether oxygens (including phenoxy) is 1. The lowest BCUT2D eigenvalue weighted by Crippen LogP contribution is -2.06. The lowest BCUT2D eigenvalue weighted by Gasteiger charge is -2.11. The average molecular weight is 275 g/mol. The van der Waals surface area contributed by atoms with Crippen LogP contribution in [0.1, 0.15) is 27.2 Å². The van der Waals surface area contributed by atoms with Crippen molar-refractivity contribution in [1.29, 1.82) is 0 Å². The smallest absolute Gasteiger partial charge is 0.341 e. The van der Waals surface area contributed by atoms with Crippen LogP contribution in [0.3, 0.4) is 0 Å². The van der Waals surface area contributed by atoms with Crippen LogP contribution < -0.4 is 4.74 Å². The first-order valence-corrected chi connectivity index (χ1v) is 6.04. The molecule has 0 radical (unpaired) electrons. The number of carboxylic acids is 1. The Balaban J connectivity index is 2.47. The maximum absolute atomic E-state index is 13.2. The standard InChI is InChI=1S/C15H14FNO3/c1-8-7-11(4-5-12(8)16)20-14-13(15(18)19)9(2)6-10(3)17-14/h4-7H,1-3H3,(H,18,19). The molecule has 1 heterocycles. The van der Waals surface area contributed by atoms with Crippen LogP contribution in [0.4, 0.5) is 4.39 Å². The highest BCUT2D eigenvalue weighted by atomic mass is 19.1. The van der Waals surface area contributed by atoms with E-state index in [2.05, 4.69) is 4.98 Å². The molecule has 0 fully saturated rings. The molecule has 0 saturated heterocycles. The summed E-state index contributed by atoms with van der Waals surface area (Å²) in [6, 6.07) is 5.88. The van der Waals surface area contributed by atoms with Crippen molar-refractivity contribution in [2.45, 2.75) is 20.8 Å². The van der Waals surface area contributed by atoms with Crippen LogP contribution in [-0.4, -0.2) is 16.1 Å². The van der Waals surface area contributed by atoms with Crippen LogP contribution in [-0.2, 0) is 0 Å². The number of aryl methyl sites for hydroxylation is 3. The molecule has 4 nitrogen and oxygen atoms in total. The first-order chi connectivity index (χ1) is 9.38. The van der Waals surface area contributed by atoms with Crippen LogP contribution in [0.15, 0.2) is 24.3 Å². The number of hydrogen-bond donors (Lipinski definition) is 1. The van der Waals surface area contributed by atoms with Gasteiger partial charge in [-0.3, -0.25) is 0 Å². The van der Waals surface area contributed by atoms with Gasteiger partial charge in [-0.05, 0) is 56.2 Å². The maximum Gasteiger partial charge on any atom is 0.341 e. The molecule has 0 aliphatic carbocycles. The minimum Gasteiger partial charge on any atom is -0.477 e. The van der Waals surface area contributed by atoms with Crippen LogP contribution in [0.5, 0.6) is 11.6 Å². The van der Waals surface area contributed by atoms with Gasteiger partial charge < -0.3 is 9.84 Å². The van der Waals surface area contributed by atoms with Crippen molar-refractivity contribution in [3.05, 3.63) is 52.5 Å². The number of halogens is 1. The topological polar surface area (TPSA) is 59.4 Å². The molecule has 20 heavy (non-hydrogen) atoms. The zero-order valence-corrected chi connectivity index (χ0v) is 11.4. The van der Waals surface area contributed by atoms with Crippen LogP contribution in [0.25, 0.3) is 0 Å². The van der Waals surface area contributed by atoms with E-state index < -0.39 is 5.97 Å². The normalized spacial score (nSPS) is 10.4. The fraction of sp³-hybridized carbons (Fsp3) is 0.200. The van der Waals surface area contributed by atoms with E-state index in [4.69, 9.17) is 4.74 Å². The highest BCUT2D eigenvalue weighted by Gasteiger charge is 2.18. The zero-order chi connectivity index (χ0) is 14.9. The Labute approximate surface area is 115 Å². The number of benzene rings is 1. The number of carbonyl (C=O) groups is 1. The van der Waals surface area contributed by atoms with Gasteiger partial charge in [-0.25, -0.2) is 14.2 Å². The predicted molar refractivity (Wildman–Crippen MR) is 71.9 cm³/mol. The minimum absolute atomic E-state index is 0.0116. The van der Waals surface area contributed by atoms with E-state index in [0.717, 1.165) is 0 Å². The van der Waals surface area contributed by atoms with Gasteiger partial charge >= 0.3 is 5.97 Å². The third-order valence-corrected chi connectivity index (χ3v) is 2.87. The van der Waals surface area contributed by atoms with Gasteiger partial charge in [0.2, 0.25) is 5.88 Å². The summed E-state index contributed by atoms with van der Waals surface area (Å²) in [4.78, 5) is 15.4. The Morgan fingerprint density at radius 1 is 1.20 bits per heavy atom. The van der Waals surface area contributed by atoms with Gasteiger partial charge in [0.25, 0.3) is 0 Å². The zero-order valence-electron chi connectivity index (χ0n) is 11.4. The predicted octanol–water partition coefficient (Wildman–Crippen LogP) is 3.64. The molecule has 0 aliphatic heterocycles. The Hall–Kier alpha value is -2.43. The Kier molecular flexibility index (Phi) is 3.70. The summed E-state index contributed by atoms with van der Waals surface area (Å²) in [6.07, 6.45) is 0. The van der Waals surface area contributed by atoms with Crippen molar-refractivity contribution in [3.8, 4) is 11.6 Å². The van der Waals surface area contributed by atoms with Gasteiger partial charge in [0.15, 0.2) is 0 Å². The molecule has 0 saturated carbocycles. The van der Waals surface area contributed by atoms with E-state index in [0.29, 0.717) is 22.6 Å². The van der Waals surface area contributed by atoms with Crippen molar-refractivity contribution in [2.24, 2.45) is 0 Å². The van der Waals surface area contributed by atoms with Gasteiger partial charge in [0, 0.05) is 5.69 Å². The van der Waals surface area contributed by atoms with Crippen LogP contribution in [0.2, 0.25) is 0 Å². The molecule has 0 unspecified atom stereocenters. The van der Waals surface area contributed by atoms with Gasteiger partial charge in [0.1, 0.15) is 17.1 Å². The number of pyridine rings is 1. The quantitative estimate of drug-likeness (QED) is 0.929. The molecule has 0 aliphatic rings. The molecule has 0 bridgehead atoms. The third-order valence-electron chi connectivity index (χ3n) is 2.87. The number of aromatic carboxylic acids is 1. The van der Waals surface area contributed by atoms with E-state index in [9.17, 15) is 14.3 Å². The molecule has 1 aromatic carbocycles. The van der Waals surface area contributed by atoms with Crippen LogP contribution in [0, 0.1) is 26.6 Å². The van der Waals surface area contributed by atoms with Crippen molar-refractivity contribution < 1.29 is 19.0 Å². The number of rotatable bonds is 3. The number of aromatic nitrogens is 1. The minimum atomic E-state index is -1.11. The molecule has 1 aromatic heterocycles. The Bertz CT molecular complexity index is 683. The SMILES string of the molecule is Cc1cc(C)c(C(=O)O)c(Oc2ccc(F)c(C)c2)n1. The summed E-state index contributed by atoms with van der Waals surface area (Å²) in [7, 11) is 0. The summed E-state index contributed by atoms with van der Waals surface area (Å²) in [5.74, 6) is -1.09. The highest BCUT2D eigenvalue weighted by molar-refractivity contribution is 5.92. The molecule has 0 atom stereocenters. The summed E-state index contributed by atoms with van der Waals surface area (Å²) in [6.45, 7) is 5.04. The lowest BCUT2D eigenvalue weighted by atomic mass is 10.1. The molecule has 5 heteroatoms. The second-order valence-electron chi connectivity index (χ2n) is 4.58. The fourth-order valence-corrected chi connectivity index (χ4v) is 1.93.